The van der Waals surface area contributed by atoms with Crippen LogP contribution in [0.2, 0.25) is 0 Å². The zero-order valence-electron chi connectivity index (χ0n) is 23.0. The van der Waals surface area contributed by atoms with E-state index in [0.717, 1.165) is 31.2 Å². The Morgan fingerprint density at radius 1 is 0.895 bits per heavy atom. The van der Waals surface area contributed by atoms with Crippen LogP contribution in [0.4, 0.5) is 0 Å². The van der Waals surface area contributed by atoms with Crippen LogP contribution < -0.4 is 18.9 Å². The predicted molar refractivity (Wildman–Crippen MR) is 145 cm³/mol. The number of nitrogens with zero attached hydrogens (tertiary/aromatic N) is 1. The third-order valence-corrected chi connectivity index (χ3v) is 7.61. The normalized spacial score (nSPS) is 22.9. The molecular formula is C30H41NO7. The van der Waals surface area contributed by atoms with E-state index >= 15 is 0 Å². The van der Waals surface area contributed by atoms with Crippen molar-refractivity contribution in [1.82, 2.24) is 4.90 Å². The number of phenols is 1. The molecule has 1 aliphatic heterocycles. The van der Waals surface area contributed by atoms with Crippen molar-refractivity contribution in [2.75, 3.05) is 33.0 Å². The molecule has 1 heterocycles. The Labute approximate surface area is 225 Å². The zero-order valence-corrected chi connectivity index (χ0v) is 23.0. The number of likely N-dealkylation sites (tertiary alicyclic amines) is 1. The molecule has 2 aromatic carbocycles. The molecule has 1 aliphatic carbocycles. The third kappa shape index (κ3) is 5.51. The molecular weight excluding hydrogens is 486 g/mol. The highest BCUT2D eigenvalue weighted by Crippen LogP contribution is 2.51. The van der Waals surface area contributed by atoms with Gasteiger partial charge in [-0.1, -0.05) is 18.9 Å². The van der Waals surface area contributed by atoms with Crippen LogP contribution in [0.3, 0.4) is 0 Å². The van der Waals surface area contributed by atoms with Gasteiger partial charge in [0.2, 0.25) is 5.75 Å². The summed E-state index contributed by atoms with van der Waals surface area (Å²) in [5.74, 6) is 1.55. The summed E-state index contributed by atoms with van der Waals surface area (Å²) in [6.07, 6.45) is 4.02. The second kappa shape index (κ2) is 12.2. The fourth-order valence-electron chi connectivity index (χ4n) is 5.99. The number of carbonyl (C=O) groups excluding carboxylic acids is 1. The number of hydrogen-bond acceptors (Lipinski definition) is 7. The van der Waals surface area contributed by atoms with Gasteiger partial charge in [0, 0.05) is 18.0 Å². The summed E-state index contributed by atoms with van der Waals surface area (Å²) < 4.78 is 23.2. The van der Waals surface area contributed by atoms with Crippen LogP contribution in [-0.2, 0) is 0 Å². The molecule has 208 valence electrons. The number of aliphatic hydroxyl groups is 1. The number of hydrogen-bond donors (Lipinski definition) is 2. The molecule has 8 heteroatoms. The number of fused-ring (bicyclic) bond motifs is 1. The Morgan fingerprint density at radius 2 is 1.53 bits per heavy atom. The van der Waals surface area contributed by atoms with E-state index in [1.54, 1.807) is 24.3 Å². The minimum absolute atomic E-state index is 0.0532. The van der Waals surface area contributed by atoms with Crippen molar-refractivity contribution >= 4 is 5.91 Å². The van der Waals surface area contributed by atoms with Crippen LogP contribution in [-0.4, -0.2) is 59.6 Å². The third-order valence-electron chi connectivity index (χ3n) is 7.61. The smallest absolute Gasteiger partial charge is 0.254 e. The van der Waals surface area contributed by atoms with Crippen molar-refractivity contribution in [3.8, 4) is 28.7 Å². The quantitative estimate of drug-likeness (QED) is 0.421. The molecule has 1 saturated heterocycles. The number of rotatable bonds is 10. The molecule has 2 N–H and O–H groups in total. The minimum Gasteiger partial charge on any atom is -0.504 e. The maximum absolute atomic E-state index is 14.2. The number of phenolic OH excluding ortho intramolecular Hbond substituents is 1. The predicted octanol–water partition coefficient (Wildman–Crippen LogP) is 5.50. The monoisotopic (exact) mass is 527 g/mol. The van der Waals surface area contributed by atoms with E-state index in [1.165, 1.54) is 0 Å². The van der Waals surface area contributed by atoms with Crippen molar-refractivity contribution in [2.45, 2.75) is 71.4 Å². The van der Waals surface area contributed by atoms with Gasteiger partial charge in [0.05, 0.1) is 38.1 Å². The average Bonchev–Trinajstić information content (AvgIpc) is 2.90. The number of carbonyl (C=O) groups is 1. The van der Waals surface area contributed by atoms with E-state index in [2.05, 4.69) is 0 Å². The standard InChI is InChI=1S/C30H41NO7/c1-5-35-24-17-20(12-13-23(24)32)27-22-11-9-10-14-30(22,34)15-16-31(27)29(33)21-18-25(36-6-2)28(38-8-4)26(19-21)37-7-3/h12-13,17-19,22,27,32,34H,5-11,14-16H2,1-4H3. The van der Waals surface area contributed by atoms with Crippen LogP contribution in [0.1, 0.15) is 81.8 Å². The molecule has 4 rings (SSSR count). The number of amides is 1. The molecule has 1 amide bonds. The highest BCUT2D eigenvalue weighted by atomic mass is 16.5. The van der Waals surface area contributed by atoms with Crippen molar-refractivity contribution in [3.63, 3.8) is 0 Å². The fourth-order valence-corrected chi connectivity index (χ4v) is 5.99. The van der Waals surface area contributed by atoms with Crippen LogP contribution in [0, 0.1) is 5.92 Å². The molecule has 38 heavy (non-hydrogen) atoms. The summed E-state index contributed by atoms with van der Waals surface area (Å²) in [6, 6.07) is 8.31. The molecule has 3 unspecified atom stereocenters. The highest BCUT2D eigenvalue weighted by molar-refractivity contribution is 5.96. The Morgan fingerprint density at radius 3 is 2.16 bits per heavy atom. The number of benzene rings is 2. The lowest BCUT2D eigenvalue weighted by Crippen LogP contribution is -2.56. The van der Waals surface area contributed by atoms with Crippen LogP contribution >= 0.6 is 0 Å². The van der Waals surface area contributed by atoms with Crippen LogP contribution in [0.25, 0.3) is 0 Å². The highest BCUT2D eigenvalue weighted by Gasteiger charge is 2.50. The molecule has 0 bridgehead atoms. The molecule has 2 fully saturated rings. The van der Waals surface area contributed by atoms with Crippen molar-refractivity contribution in [2.24, 2.45) is 5.92 Å². The number of piperidine rings is 1. The van der Waals surface area contributed by atoms with Gasteiger partial charge in [0.15, 0.2) is 23.0 Å². The first kappa shape index (κ1) is 27.9. The van der Waals surface area contributed by atoms with Crippen molar-refractivity contribution < 1.29 is 34.0 Å². The van der Waals surface area contributed by atoms with Crippen LogP contribution in [0.5, 0.6) is 28.7 Å². The summed E-state index contributed by atoms with van der Waals surface area (Å²) in [7, 11) is 0. The lowest BCUT2D eigenvalue weighted by Gasteiger charge is -2.52. The molecule has 8 nitrogen and oxygen atoms in total. The van der Waals surface area contributed by atoms with Gasteiger partial charge in [-0.05, 0) is 76.8 Å². The summed E-state index contributed by atoms with van der Waals surface area (Å²) in [4.78, 5) is 16.1. The molecule has 2 aromatic rings. The first-order valence-electron chi connectivity index (χ1n) is 13.9. The second-order valence-corrected chi connectivity index (χ2v) is 9.91. The first-order valence-corrected chi connectivity index (χ1v) is 13.9. The van der Waals surface area contributed by atoms with Gasteiger partial charge < -0.3 is 34.1 Å². The van der Waals surface area contributed by atoms with Gasteiger partial charge >= 0.3 is 0 Å². The Kier molecular flexibility index (Phi) is 8.92. The van der Waals surface area contributed by atoms with Crippen molar-refractivity contribution in [1.29, 1.82) is 0 Å². The molecule has 1 saturated carbocycles. The molecule has 3 atom stereocenters. The summed E-state index contributed by atoms with van der Waals surface area (Å²) in [5.41, 5.74) is 0.441. The van der Waals surface area contributed by atoms with E-state index in [4.69, 9.17) is 18.9 Å². The minimum atomic E-state index is -0.838. The van der Waals surface area contributed by atoms with Gasteiger partial charge in [-0.2, -0.15) is 0 Å². The molecule has 0 aromatic heterocycles. The maximum atomic E-state index is 14.2. The van der Waals surface area contributed by atoms with E-state index in [1.807, 2.05) is 38.7 Å². The summed E-state index contributed by atoms with van der Waals surface area (Å²) in [5, 5.41) is 22.0. The Bertz CT molecular complexity index is 1090. The Hall–Kier alpha value is -3.13. The topological polar surface area (TPSA) is 97.7 Å². The van der Waals surface area contributed by atoms with Gasteiger partial charge in [0.25, 0.3) is 5.91 Å². The largest absolute Gasteiger partial charge is 0.504 e. The summed E-state index contributed by atoms with van der Waals surface area (Å²) in [6.45, 7) is 9.60. The van der Waals surface area contributed by atoms with E-state index < -0.39 is 5.60 Å². The first-order chi connectivity index (χ1) is 18.4. The Balaban J connectivity index is 1.80. The van der Waals surface area contributed by atoms with Gasteiger partial charge in [-0.25, -0.2) is 0 Å². The summed E-state index contributed by atoms with van der Waals surface area (Å²) >= 11 is 0. The average molecular weight is 528 g/mol. The fraction of sp³-hybridized carbons (Fsp3) is 0.567. The molecule has 0 spiro atoms. The van der Waals surface area contributed by atoms with E-state index in [0.29, 0.717) is 68.0 Å². The SMILES string of the molecule is CCOc1cc(C2C3CCCCC3(O)CCN2C(=O)c2cc(OCC)c(OCC)c(OCC)c2)ccc1O. The number of ether oxygens (including phenoxy) is 4. The number of aromatic hydroxyl groups is 1. The lowest BCUT2D eigenvalue weighted by molar-refractivity contribution is -0.115. The van der Waals surface area contributed by atoms with Gasteiger partial charge in [0.1, 0.15) is 0 Å². The molecule has 2 aliphatic rings. The van der Waals surface area contributed by atoms with Gasteiger partial charge in [-0.15, -0.1) is 0 Å². The van der Waals surface area contributed by atoms with Crippen LogP contribution in [0.15, 0.2) is 30.3 Å². The lowest BCUT2D eigenvalue weighted by atomic mass is 9.66. The van der Waals surface area contributed by atoms with Crippen molar-refractivity contribution in [3.05, 3.63) is 41.5 Å². The van der Waals surface area contributed by atoms with Gasteiger partial charge in [-0.3, -0.25) is 4.79 Å². The van der Waals surface area contributed by atoms with E-state index in [9.17, 15) is 15.0 Å². The second-order valence-electron chi connectivity index (χ2n) is 9.91. The molecule has 0 radical (unpaired) electrons. The zero-order chi connectivity index (χ0) is 27.3. The maximum Gasteiger partial charge on any atom is 0.254 e. The van der Waals surface area contributed by atoms with E-state index in [-0.39, 0.29) is 23.6 Å².